The van der Waals surface area contributed by atoms with Crippen molar-refractivity contribution in [2.45, 2.75) is 166 Å². The molecule has 9 N–H and O–H groups in total. The molecule has 29 heteroatoms. The van der Waals surface area contributed by atoms with Crippen molar-refractivity contribution in [3.05, 3.63) is 88.5 Å². The third kappa shape index (κ3) is 20.7. The van der Waals surface area contributed by atoms with Crippen molar-refractivity contribution in [2.75, 3.05) is 57.4 Å². The molecule has 0 aliphatic carbocycles. The fraction of sp³-hybridized carbons (Fsp3) is 0.547. The zero-order valence-corrected chi connectivity index (χ0v) is 56.5. The van der Waals surface area contributed by atoms with Gasteiger partial charge in [-0.2, -0.15) is 0 Å². The normalized spacial score (nSPS) is 24.0. The number of benzene rings is 2. The van der Waals surface area contributed by atoms with Gasteiger partial charge < -0.3 is 70.9 Å². The van der Waals surface area contributed by atoms with E-state index in [9.17, 15) is 53.1 Å². The molecule has 4 aliphatic heterocycles. The molecule has 0 unspecified atom stereocenters. The molecule has 0 spiro atoms. The van der Waals surface area contributed by atoms with E-state index in [4.69, 9.17) is 53.2 Å². The number of carbonyl (C=O) groups is 10. The van der Waals surface area contributed by atoms with Crippen molar-refractivity contribution in [1.82, 2.24) is 36.4 Å². The highest BCUT2D eigenvalue weighted by Gasteiger charge is 2.64. The van der Waals surface area contributed by atoms with E-state index in [2.05, 4.69) is 31.9 Å². The quantitative estimate of drug-likeness (QED) is 0.0197. The van der Waals surface area contributed by atoms with Gasteiger partial charge in [-0.15, -0.1) is 0 Å². The van der Waals surface area contributed by atoms with Crippen molar-refractivity contribution < 1.29 is 76.7 Å². The maximum absolute atomic E-state index is 14.4. The molecule has 2 saturated heterocycles. The molecule has 2 aromatic rings. The number of carbonyl (C=O) groups excluding carboxylic acids is 10. The lowest BCUT2D eigenvalue weighted by atomic mass is 9.83. The van der Waals surface area contributed by atoms with Crippen LogP contribution in [0.2, 0.25) is 5.02 Å². The van der Waals surface area contributed by atoms with Gasteiger partial charge >= 0.3 is 18.1 Å². The van der Waals surface area contributed by atoms with Crippen molar-refractivity contribution in [1.29, 1.82) is 0 Å². The van der Waals surface area contributed by atoms with Gasteiger partial charge in [0, 0.05) is 89.6 Å². The maximum atomic E-state index is 14.4. The molecule has 4 heterocycles. The molecular formula is C64H87ClN10O16S2. The van der Waals surface area contributed by atoms with Crippen LogP contribution < -0.4 is 47.3 Å². The van der Waals surface area contributed by atoms with Crippen molar-refractivity contribution >= 4 is 111 Å². The Bertz CT molecular complexity index is 3190. The number of allylic oxidation sites excluding steroid dienone is 3. The number of alkyl carbamates (subject to hydrolysis) is 1. The Morgan fingerprint density at radius 2 is 1.67 bits per heavy atom. The first-order valence-electron chi connectivity index (χ1n) is 30.8. The summed E-state index contributed by atoms with van der Waals surface area (Å²) in [5.74, 6) is -4.36. The lowest BCUT2D eigenvalue weighted by Crippen LogP contribution is -2.63. The summed E-state index contributed by atoms with van der Waals surface area (Å²) in [4.78, 5) is 135. The first-order valence-corrected chi connectivity index (χ1v) is 32.6. The van der Waals surface area contributed by atoms with Gasteiger partial charge in [-0.05, 0) is 94.2 Å². The minimum absolute atomic E-state index is 0.0215. The van der Waals surface area contributed by atoms with Gasteiger partial charge in [0.1, 0.15) is 57.1 Å². The van der Waals surface area contributed by atoms with Crippen LogP contribution in [0.3, 0.4) is 0 Å². The van der Waals surface area contributed by atoms with Crippen molar-refractivity contribution in [2.24, 2.45) is 17.6 Å². The molecular weight excluding hydrogens is 1260 g/mol. The number of amides is 10. The topological polar surface area (TPSA) is 348 Å². The second kappa shape index (κ2) is 34.0. The van der Waals surface area contributed by atoms with Gasteiger partial charge in [0.05, 0.1) is 25.3 Å². The van der Waals surface area contributed by atoms with E-state index in [0.717, 1.165) is 21.6 Å². The van der Waals surface area contributed by atoms with E-state index in [-0.39, 0.29) is 86.2 Å². The van der Waals surface area contributed by atoms with Crippen LogP contribution >= 0.6 is 35.6 Å². The Kier molecular flexibility index (Phi) is 27.2. The van der Waals surface area contributed by atoms with E-state index in [1.807, 2.05) is 13.0 Å². The lowest BCUT2D eigenvalue weighted by Gasteiger charge is -2.42. The van der Waals surface area contributed by atoms with Gasteiger partial charge in [0.2, 0.25) is 29.5 Å². The number of likely N-dealkylation sites (N-methyl/N-ethyl adjacent to an activating group) is 1. The zero-order chi connectivity index (χ0) is 68.5. The molecule has 10 amide bonds. The molecule has 4 aliphatic rings. The number of primary amides is 1. The number of imide groups is 1. The molecule has 0 saturated carbocycles. The fourth-order valence-corrected chi connectivity index (χ4v) is 12.3. The standard InChI is InChI=1S/C64H87ClN10O16S2/c1-36(2)55(71-49(76)19-12-11-13-28-75-51(78)24-25-52(75)79)58(82)70-43(17-15-27-67-60(66)84)57(81)69-42-22-20-40(21-23-42)35-68-62(92)93-29-26-50(77)73(7)39(5)59(83)90-48-33-53(80)74(8)44-31-41(32-45(87-9)54(44)65)30-37(3)16-14-18-47(88-10)64(86)34-46(89-61(85)72-64)38(4)56-63(48,6)91-56/h14,16,18,20-25,31-32,36,38-39,43,46-48,55-56,86H,11-13,15,17,19,26-30,33-35H2,1-10H3,(H,68,92)(H,69,81)(H,70,82)(H,71,76)(H,72,85)(H3,66,67,84)/b18-14+,37-16+/t38-,39+,43+,46+,47-,48+,55+,56+,63+,64+/m1/s1. The highest BCUT2D eigenvalue weighted by molar-refractivity contribution is 8.22. The molecule has 6 rings (SSSR count). The summed E-state index contributed by atoms with van der Waals surface area (Å²) in [5.41, 5.74) is 5.21. The predicted molar refractivity (Wildman–Crippen MR) is 352 cm³/mol. The van der Waals surface area contributed by atoms with Crippen LogP contribution in [0.15, 0.2) is 72.4 Å². The maximum Gasteiger partial charge on any atom is 0.409 e. The number of ether oxygens (including phenoxy) is 5. The number of unbranched alkanes of at least 4 members (excludes halogenated alkanes) is 2. The number of hydrogen-bond acceptors (Lipinski definition) is 18. The molecule has 10 atom stereocenters. The number of epoxide rings is 1. The molecule has 93 heavy (non-hydrogen) atoms. The summed E-state index contributed by atoms with van der Waals surface area (Å²) >= 11 is 13.6. The average molecular weight is 1350 g/mol. The highest BCUT2D eigenvalue weighted by atomic mass is 35.5. The largest absolute Gasteiger partial charge is 0.495 e. The van der Waals surface area contributed by atoms with E-state index in [0.29, 0.717) is 47.1 Å². The molecule has 26 nitrogen and oxygen atoms in total. The minimum atomic E-state index is -1.89. The predicted octanol–water partition coefficient (Wildman–Crippen LogP) is 5.21. The molecule has 2 fully saturated rings. The number of thiocarbonyl (C=S) groups is 1. The van der Waals surface area contributed by atoms with Gasteiger partial charge in [0.15, 0.2) is 5.72 Å². The molecule has 4 bridgehead atoms. The molecule has 0 aromatic heterocycles. The number of esters is 1. The average Bonchev–Trinajstić information content (AvgIpc) is 1.58. The third-order valence-electron chi connectivity index (χ3n) is 16.8. The van der Waals surface area contributed by atoms with Crippen LogP contribution in [0, 0.1) is 11.8 Å². The SMILES string of the molecule is COc1cc2cc(c1Cl)N(C)C(=O)C[C@H](OC(=O)[C@H](C)N(C)C(=O)CCSC(=S)NCc1ccc(NC(=O)[C@H](CCCNC(N)=O)NC(=O)[C@@H](NC(=O)CCCCCN3C(=O)C=CC3=O)C(C)C)cc1)[C@]1(C)O[C@H]1[C@H](C)[C@@H]1C[C@@](O)(NC(=O)O1)[C@H](OC)/C=C/C=C(\C)C2. The third-order valence-corrected chi connectivity index (χ3v) is 18.5. The number of halogens is 1. The Labute approximate surface area is 556 Å². The van der Waals surface area contributed by atoms with Crippen molar-refractivity contribution in [3.63, 3.8) is 0 Å². The first kappa shape index (κ1) is 74.4. The van der Waals surface area contributed by atoms with E-state index in [1.54, 1.807) is 83.3 Å². The summed E-state index contributed by atoms with van der Waals surface area (Å²) in [6.45, 7) is 11.0. The molecule has 0 radical (unpaired) electrons. The van der Waals surface area contributed by atoms with Gasteiger partial charge in [-0.1, -0.05) is 98.7 Å². The number of hydrogen-bond donors (Lipinski definition) is 8. The van der Waals surface area contributed by atoms with Crippen LogP contribution in [0.5, 0.6) is 5.75 Å². The second-order valence-corrected chi connectivity index (χ2v) is 26.2. The van der Waals surface area contributed by atoms with E-state index in [1.165, 1.54) is 61.9 Å². The first-order chi connectivity index (χ1) is 44.0. The lowest BCUT2D eigenvalue weighted by molar-refractivity contribution is -0.162. The van der Waals surface area contributed by atoms with Crippen molar-refractivity contribution in [3.8, 4) is 5.75 Å². The Hall–Kier alpha value is -7.63. The number of nitrogens with two attached hydrogens (primary N) is 1. The second-order valence-electron chi connectivity index (χ2n) is 24.1. The summed E-state index contributed by atoms with van der Waals surface area (Å²) in [6, 6.07) is 6.45. The van der Waals surface area contributed by atoms with Crippen LogP contribution in [0.1, 0.15) is 110 Å². The number of nitrogens with one attached hydrogen (secondary N) is 6. The number of fused-ring (bicyclic) bond motifs is 5. The molecule has 2 aromatic carbocycles. The van der Waals surface area contributed by atoms with Crippen LogP contribution in [0.4, 0.5) is 21.0 Å². The van der Waals surface area contributed by atoms with E-state index < -0.39 is 108 Å². The monoisotopic (exact) mass is 1350 g/mol. The summed E-state index contributed by atoms with van der Waals surface area (Å²) in [6.07, 6.45) is 4.73. The number of rotatable bonds is 26. The Morgan fingerprint density at radius 3 is 2.32 bits per heavy atom. The number of methoxy groups -OCH3 is 2. The summed E-state index contributed by atoms with van der Waals surface area (Å²) < 4.78 is 29.9. The Morgan fingerprint density at radius 1 is 0.968 bits per heavy atom. The number of thioether (sulfide) groups is 1. The van der Waals surface area contributed by atoms with Gasteiger partial charge in [-0.3, -0.25) is 43.8 Å². The summed E-state index contributed by atoms with van der Waals surface area (Å²) in [7, 11) is 5.88. The van der Waals surface area contributed by atoms with Gasteiger partial charge in [0.25, 0.3) is 11.8 Å². The minimum Gasteiger partial charge on any atom is -0.495 e. The van der Waals surface area contributed by atoms with Crippen LogP contribution in [-0.2, 0) is 70.3 Å². The summed E-state index contributed by atoms with van der Waals surface area (Å²) in [5, 5.41) is 28.6. The number of nitrogens with zero attached hydrogens (tertiary/aromatic N) is 3. The number of anilines is 2. The number of urea groups is 1. The van der Waals surface area contributed by atoms with E-state index >= 15 is 0 Å². The van der Waals surface area contributed by atoms with Crippen LogP contribution in [-0.4, -0.2) is 180 Å². The van der Waals surface area contributed by atoms with Gasteiger partial charge in [-0.25, -0.2) is 14.4 Å². The molecule has 508 valence electrons. The highest BCUT2D eigenvalue weighted by Crippen LogP contribution is 2.49. The van der Waals surface area contributed by atoms with Crippen LogP contribution in [0.25, 0.3) is 0 Å². The Balaban J connectivity index is 1.02. The smallest absolute Gasteiger partial charge is 0.409 e. The zero-order valence-electron chi connectivity index (χ0n) is 54.1. The number of aliphatic hydroxyl groups is 1. The fourth-order valence-electron chi connectivity index (χ4n) is 11.0.